The first-order chi connectivity index (χ1) is 15.3. The van der Waals surface area contributed by atoms with Gasteiger partial charge in [0.1, 0.15) is 5.69 Å². The minimum Gasteiger partial charge on any atom is -0.349 e. The third-order valence-corrected chi connectivity index (χ3v) is 4.45. The predicted octanol–water partition coefficient (Wildman–Crippen LogP) is 4.35. The molecular weight excluding hydrogens is 421 g/mol. The number of nitrogens with zero attached hydrogens (tertiary/aromatic N) is 6. The number of rotatable bonds is 6. The molecule has 3 heterocycles. The minimum absolute atomic E-state index is 0.137. The van der Waals surface area contributed by atoms with Crippen LogP contribution < -0.4 is 10.6 Å². The van der Waals surface area contributed by atoms with Crippen LogP contribution >= 0.6 is 0 Å². The van der Waals surface area contributed by atoms with Crippen LogP contribution in [-0.2, 0) is 19.8 Å². The molecule has 11 heteroatoms. The molecule has 0 bridgehead atoms. The van der Waals surface area contributed by atoms with Crippen LogP contribution in [0.15, 0.2) is 55.4 Å². The van der Waals surface area contributed by atoms with Gasteiger partial charge in [-0.15, -0.1) is 0 Å². The minimum atomic E-state index is -4.54. The Morgan fingerprint density at radius 1 is 0.969 bits per heavy atom. The van der Waals surface area contributed by atoms with E-state index in [1.54, 1.807) is 30.9 Å². The number of nitrogens with one attached hydrogen (secondary N) is 2. The number of anilines is 3. The Kier molecular flexibility index (Phi) is 5.71. The van der Waals surface area contributed by atoms with Crippen molar-refractivity contribution < 1.29 is 13.2 Å². The zero-order chi connectivity index (χ0) is 22.7. The van der Waals surface area contributed by atoms with Gasteiger partial charge < -0.3 is 15.2 Å². The Morgan fingerprint density at radius 3 is 2.44 bits per heavy atom. The van der Waals surface area contributed by atoms with Gasteiger partial charge in [-0.05, 0) is 36.2 Å². The fraction of sp³-hybridized carbons (Fsp3) is 0.190. The molecule has 2 N–H and O–H groups in total. The van der Waals surface area contributed by atoms with Crippen molar-refractivity contribution in [2.24, 2.45) is 7.05 Å². The van der Waals surface area contributed by atoms with Crippen molar-refractivity contribution in [1.29, 1.82) is 0 Å². The normalized spacial score (nSPS) is 11.4. The quantitative estimate of drug-likeness (QED) is 0.460. The van der Waals surface area contributed by atoms with Crippen LogP contribution in [0.5, 0.6) is 0 Å². The lowest BCUT2D eigenvalue weighted by molar-refractivity contribution is -0.141. The van der Waals surface area contributed by atoms with Crippen LogP contribution in [0.4, 0.5) is 30.8 Å². The van der Waals surface area contributed by atoms with Gasteiger partial charge in [0.25, 0.3) is 0 Å². The Balaban J connectivity index is 1.50. The van der Waals surface area contributed by atoms with E-state index in [2.05, 4.69) is 35.6 Å². The van der Waals surface area contributed by atoms with Gasteiger partial charge in [0.15, 0.2) is 0 Å². The van der Waals surface area contributed by atoms with Crippen LogP contribution in [0, 0.1) is 6.92 Å². The largest absolute Gasteiger partial charge is 0.433 e. The topological polar surface area (TPSA) is 93.4 Å². The predicted molar refractivity (Wildman–Crippen MR) is 113 cm³/mol. The highest BCUT2D eigenvalue weighted by molar-refractivity contribution is 5.70. The fourth-order valence-electron chi connectivity index (χ4n) is 3.02. The number of alkyl halides is 3. The van der Waals surface area contributed by atoms with E-state index < -0.39 is 11.9 Å². The summed E-state index contributed by atoms with van der Waals surface area (Å²) in [7, 11) is 1.89. The third-order valence-electron chi connectivity index (χ3n) is 4.45. The molecule has 8 nitrogen and oxygen atoms in total. The van der Waals surface area contributed by atoms with Gasteiger partial charge in [0, 0.05) is 43.1 Å². The molecule has 0 fully saturated rings. The highest BCUT2D eigenvalue weighted by atomic mass is 19.4. The summed E-state index contributed by atoms with van der Waals surface area (Å²) in [6, 6.07) is 6.32. The zero-order valence-corrected chi connectivity index (χ0v) is 17.2. The Bertz CT molecular complexity index is 1220. The van der Waals surface area contributed by atoms with Gasteiger partial charge in [-0.25, -0.2) is 24.9 Å². The summed E-state index contributed by atoms with van der Waals surface area (Å²) in [6.45, 7) is 2.38. The smallest absolute Gasteiger partial charge is 0.349 e. The summed E-state index contributed by atoms with van der Waals surface area (Å²) < 4.78 is 40.6. The summed E-state index contributed by atoms with van der Waals surface area (Å²) in [5.41, 5.74) is 2.86. The molecule has 0 amide bonds. The molecule has 3 aromatic heterocycles. The molecule has 4 rings (SSSR count). The van der Waals surface area contributed by atoms with Crippen molar-refractivity contribution in [1.82, 2.24) is 29.5 Å². The van der Waals surface area contributed by atoms with Crippen molar-refractivity contribution in [3.63, 3.8) is 0 Å². The van der Waals surface area contributed by atoms with E-state index >= 15 is 0 Å². The summed E-state index contributed by atoms with van der Waals surface area (Å²) in [6.07, 6.45) is 3.49. The molecule has 0 saturated carbocycles. The van der Waals surface area contributed by atoms with E-state index in [9.17, 15) is 13.2 Å². The molecule has 164 valence electrons. The van der Waals surface area contributed by atoms with Gasteiger partial charge in [0.05, 0.1) is 18.6 Å². The van der Waals surface area contributed by atoms with Crippen LogP contribution in [0.1, 0.15) is 17.0 Å². The Hall–Kier alpha value is -4.02. The molecule has 0 atom stereocenters. The average Bonchev–Trinajstić information content (AvgIpc) is 3.17. The maximum atomic E-state index is 12.9. The number of benzene rings is 1. The van der Waals surface area contributed by atoms with Gasteiger partial charge in [-0.3, -0.25) is 0 Å². The molecule has 4 aromatic rings. The summed E-state index contributed by atoms with van der Waals surface area (Å²) in [4.78, 5) is 20.3. The molecule has 0 spiro atoms. The molecule has 0 radical (unpaired) electrons. The number of hydrogen-bond donors (Lipinski definition) is 2. The lowest BCUT2D eigenvalue weighted by atomic mass is 10.1. The average molecular weight is 440 g/mol. The van der Waals surface area contributed by atoms with E-state index in [0.717, 1.165) is 34.6 Å². The summed E-state index contributed by atoms with van der Waals surface area (Å²) in [5.74, 6) is 0.324. The number of hydrogen-bond acceptors (Lipinski definition) is 7. The first-order valence-electron chi connectivity index (χ1n) is 9.58. The van der Waals surface area contributed by atoms with E-state index in [4.69, 9.17) is 0 Å². The van der Waals surface area contributed by atoms with Crippen LogP contribution in [0.25, 0.3) is 11.1 Å². The van der Waals surface area contributed by atoms with E-state index in [-0.39, 0.29) is 5.95 Å². The van der Waals surface area contributed by atoms with E-state index in [1.165, 1.54) is 0 Å². The lowest BCUT2D eigenvalue weighted by Crippen LogP contribution is -2.10. The highest BCUT2D eigenvalue weighted by Crippen LogP contribution is 2.29. The van der Waals surface area contributed by atoms with Gasteiger partial charge in [-0.1, -0.05) is 6.07 Å². The summed E-state index contributed by atoms with van der Waals surface area (Å²) >= 11 is 0. The number of aryl methyl sites for hydroxylation is 2. The molecule has 0 aliphatic rings. The van der Waals surface area contributed by atoms with Crippen molar-refractivity contribution in [2.45, 2.75) is 19.6 Å². The molecule has 0 aliphatic carbocycles. The molecule has 32 heavy (non-hydrogen) atoms. The highest BCUT2D eigenvalue weighted by Gasteiger charge is 2.32. The van der Waals surface area contributed by atoms with Gasteiger partial charge in [-0.2, -0.15) is 13.2 Å². The summed E-state index contributed by atoms with van der Waals surface area (Å²) in [5, 5.41) is 5.94. The third kappa shape index (κ3) is 5.17. The molecule has 0 unspecified atom stereocenters. The lowest BCUT2D eigenvalue weighted by Gasteiger charge is -2.11. The number of aromatic nitrogens is 6. The SMILES string of the molecule is Cc1cc(Nc2nccc(C(F)(F)F)n2)cc(-c2cnc(NCc3cn(C)cn3)nc2)c1. The molecule has 1 aromatic carbocycles. The Labute approximate surface area is 181 Å². The first-order valence-corrected chi connectivity index (χ1v) is 9.58. The van der Waals surface area contributed by atoms with Crippen molar-refractivity contribution >= 4 is 17.6 Å². The second-order valence-corrected chi connectivity index (χ2v) is 7.16. The van der Waals surface area contributed by atoms with Gasteiger partial charge in [0.2, 0.25) is 11.9 Å². The van der Waals surface area contributed by atoms with Crippen LogP contribution in [0.2, 0.25) is 0 Å². The maximum Gasteiger partial charge on any atom is 0.433 e. The zero-order valence-electron chi connectivity index (χ0n) is 17.2. The Morgan fingerprint density at radius 2 is 1.75 bits per heavy atom. The number of imidazole rings is 1. The van der Waals surface area contributed by atoms with E-state index in [0.29, 0.717) is 18.2 Å². The van der Waals surface area contributed by atoms with Gasteiger partial charge >= 0.3 is 6.18 Å². The standard InChI is InChI=1S/C21H19F3N8/c1-13-5-14(7-16(6-13)30-20-25-4-3-18(31-20)21(22,23)24)15-8-26-19(27-9-15)28-10-17-11-32(2)12-29-17/h3-9,11-12H,10H2,1-2H3,(H,25,30,31)(H,26,27,28). The second-order valence-electron chi connectivity index (χ2n) is 7.16. The fourth-order valence-corrected chi connectivity index (χ4v) is 3.02. The second kappa shape index (κ2) is 8.61. The first kappa shape index (κ1) is 21.2. The molecule has 0 saturated heterocycles. The van der Waals surface area contributed by atoms with Crippen LogP contribution in [-0.4, -0.2) is 29.5 Å². The monoisotopic (exact) mass is 440 g/mol. The molecular formula is C21H19F3N8. The van der Waals surface area contributed by atoms with Crippen molar-refractivity contribution in [3.05, 3.63) is 72.3 Å². The van der Waals surface area contributed by atoms with Crippen molar-refractivity contribution in [3.8, 4) is 11.1 Å². The molecule has 0 aliphatic heterocycles. The van der Waals surface area contributed by atoms with Crippen molar-refractivity contribution in [2.75, 3.05) is 10.6 Å². The number of halogens is 3. The van der Waals surface area contributed by atoms with E-state index in [1.807, 2.05) is 30.8 Å². The maximum absolute atomic E-state index is 12.9. The van der Waals surface area contributed by atoms with Crippen LogP contribution in [0.3, 0.4) is 0 Å².